The molecule has 2 aliphatic rings. The standard InChI is InChI=1S/C25H34N4O4/c1-28(2)23(31)18-14-9-15-19(22(18)30)27-21-20(26-16-10-5-3-6-11-16)24(32)29(25(21)33)17-12-7-4-8-13-17/h9-10,14-15,17,26-27,30,32-33H,3-8,11-13H2,1-2H3. The van der Waals surface area contributed by atoms with Crippen molar-refractivity contribution in [2.45, 2.75) is 63.8 Å². The molecule has 1 heterocycles. The average Bonchev–Trinajstić information content (AvgIpc) is 3.05. The summed E-state index contributed by atoms with van der Waals surface area (Å²) in [5.74, 6) is -0.632. The van der Waals surface area contributed by atoms with E-state index in [0.717, 1.165) is 63.5 Å². The van der Waals surface area contributed by atoms with Gasteiger partial charge in [0.05, 0.1) is 11.3 Å². The number of carbonyl (C=O) groups is 1. The SMILES string of the molecule is CN(C)C(=O)c1cccc(Nc2c(NC3=CCCCC3)c(O)n(C3CCCCC3)c2O)c1O. The normalized spacial score (nSPS) is 16.8. The lowest BCUT2D eigenvalue weighted by Crippen LogP contribution is -2.21. The smallest absolute Gasteiger partial charge is 0.257 e. The Balaban J connectivity index is 1.76. The number of hydrogen-bond donors (Lipinski definition) is 5. The van der Waals surface area contributed by atoms with Gasteiger partial charge in [0.25, 0.3) is 5.91 Å². The van der Waals surface area contributed by atoms with Crippen molar-refractivity contribution in [3.05, 3.63) is 35.5 Å². The maximum Gasteiger partial charge on any atom is 0.257 e. The Bertz CT molecular complexity index is 1050. The summed E-state index contributed by atoms with van der Waals surface area (Å²) in [5, 5.41) is 39.6. The highest BCUT2D eigenvalue weighted by molar-refractivity contribution is 5.99. The molecule has 33 heavy (non-hydrogen) atoms. The number of phenolic OH excluding ortho intramolecular Hbond substituents is 1. The number of rotatable bonds is 6. The molecule has 0 aliphatic heterocycles. The quantitative estimate of drug-likeness (QED) is 0.373. The fraction of sp³-hybridized carbons (Fsp3) is 0.480. The monoisotopic (exact) mass is 454 g/mol. The molecule has 2 aliphatic carbocycles. The van der Waals surface area contributed by atoms with Crippen LogP contribution in [0.2, 0.25) is 0 Å². The van der Waals surface area contributed by atoms with Gasteiger partial charge in [-0.3, -0.25) is 9.36 Å². The molecule has 1 saturated carbocycles. The van der Waals surface area contributed by atoms with Crippen LogP contribution in [0.15, 0.2) is 30.0 Å². The number of anilines is 3. The van der Waals surface area contributed by atoms with Gasteiger partial charge in [-0.15, -0.1) is 0 Å². The summed E-state index contributed by atoms with van der Waals surface area (Å²) in [6.45, 7) is 0. The maximum absolute atomic E-state index is 12.5. The third kappa shape index (κ3) is 4.60. The fourth-order valence-corrected chi connectivity index (χ4v) is 4.79. The predicted molar refractivity (Wildman–Crippen MR) is 129 cm³/mol. The lowest BCUT2D eigenvalue weighted by molar-refractivity contribution is 0.0824. The Morgan fingerprint density at radius 3 is 2.30 bits per heavy atom. The molecule has 0 spiro atoms. The van der Waals surface area contributed by atoms with Gasteiger partial charge < -0.3 is 30.9 Å². The van der Waals surface area contributed by atoms with Gasteiger partial charge in [0.2, 0.25) is 11.8 Å². The van der Waals surface area contributed by atoms with E-state index in [4.69, 9.17) is 0 Å². The Labute approximate surface area is 194 Å². The van der Waals surface area contributed by atoms with Gasteiger partial charge in [0.15, 0.2) is 5.75 Å². The van der Waals surface area contributed by atoms with E-state index in [9.17, 15) is 20.1 Å². The number of para-hydroxylation sites is 1. The van der Waals surface area contributed by atoms with Crippen molar-refractivity contribution in [3.63, 3.8) is 0 Å². The summed E-state index contributed by atoms with van der Waals surface area (Å²) >= 11 is 0. The number of benzene rings is 1. The highest BCUT2D eigenvalue weighted by Gasteiger charge is 2.30. The van der Waals surface area contributed by atoms with E-state index in [0.29, 0.717) is 5.69 Å². The lowest BCUT2D eigenvalue weighted by atomic mass is 9.95. The van der Waals surface area contributed by atoms with Crippen LogP contribution in [0, 0.1) is 0 Å². The van der Waals surface area contributed by atoms with Gasteiger partial charge in [-0.2, -0.15) is 0 Å². The first-order valence-electron chi connectivity index (χ1n) is 11.8. The van der Waals surface area contributed by atoms with Crippen LogP contribution in [0.4, 0.5) is 17.1 Å². The van der Waals surface area contributed by atoms with Crippen molar-refractivity contribution >= 4 is 23.0 Å². The average molecular weight is 455 g/mol. The molecule has 1 amide bonds. The first-order valence-corrected chi connectivity index (χ1v) is 11.8. The van der Waals surface area contributed by atoms with Crippen molar-refractivity contribution in [2.24, 2.45) is 0 Å². The fourth-order valence-electron chi connectivity index (χ4n) is 4.79. The van der Waals surface area contributed by atoms with Gasteiger partial charge in [-0.25, -0.2) is 0 Å². The molecule has 2 aromatic rings. The molecule has 1 aromatic carbocycles. The molecule has 8 nitrogen and oxygen atoms in total. The minimum atomic E-state index is -0.325. The highest BCUT2D eigenvalue weighted by atomic mass is 16.3. The van der Waals surface area contributed by atoms with Crippen LogP contribution in [-0.2, 0) is 0 Å². The number of aromatic hydroxyl groups is 3. The number of carbonyl (C=O) groups excluding carboxylic acids is 1. The second kappa shape index (κ2) is 9.68. The molecular formula is C25H34N4O4. The number of aromatic nitrogens is 1. The van der Waals surface area contributed by atoms with E-state index in [1.54, 1.807) is 36.9 Å². The second-order valence-electron chi connectivity index (χ2n) is 9.19. The van der Waals surface area contributed by atoms with Crippen LogP contribution in [0.1, 0.15) is 74.2 Å². The molecular weight excluding hydrogens is 420 g/mol. The minimum absolute atomic E-state index is 0.00503. The molecule has 1 fully saturated rings. The molecule has 1 aromatic heterocycles. The lowest BCUT2D eigenvalue weighted by Gasteiger charge is -2.24. The van der Waals surface area contributed by atoms with Crippen molar-refractivity contribution in [2.75, 3.05) is 24.7 Å². The largest absolute Gasteiger partial charge is 0.505 e. The summed E-state index contributed by atoms with van der Waals surface area (Å²) < 4.78 is 1.60. The Morgan fingerprint density at radius 2 is 1.67 bits per heavy atom. The third-order valence-electron chi connectivity index (χ3n) is 6.60. The predicted octanol–water partition coefficient (Wildman–Crippen LogP) is 5.43. The van der Waals surface area contributed by atoms with Gasteiger partial charge in [0.1, 0.15) is 11.4 Å². The highest BCUT2D eigenvalue weighted by Crippen LogP contribution is 2.50. The van der Waals surface area contributed by atoms with Crippen molar-refractivity contribution in [1.29, 1.82) is 0 Å². The van der Waals surface area contributed by atoms with Crippen molar-refractivity contribution < 1.29 is 20.1 Å². The van der Waals surface area contributed by atoms with Crippen LogP contribution in [0.5, 0.6) is 17.5 Å². The number of nitrogens with one attached hydrogen (secondary N) is 2. The van der Waals surface area contributed by atoms with Crippen molar-refractivity contribution in [3.8, 4) is 17.5 Å². The van der Waals surface area contributed by atoms with Crippen LogP contribution < -0.4 is 10.6 Å². The number of amides is 1. The zero-order chi connectivity index (χ0) is 23.5. The molecule has 0 unspecified atom stereocenters. The summed E-state index contributed by atoms with van der Waals surface area (Å²) in [4.78, 5) is 13.8. The zero-order valence-electron chi connectivity index (χ0n) is 19.4. The van der Waals surface area contributed by atoms with E-state index < -0.39 is 0 Å². The number of nitrogens with zero attached hydrogens (tertiary/aromatic N) is 2. The molecule has 178 valence electrons. The van der Waals surface area contributed by atoms with Gasteiger partial charge in [0, 0.05) is 25.8 Å². The number of allylic oxidation sites excluding steroid dienone is 2. The van der Waals surface area contributed by atoms with Gasteiger partial charge in [-0.05, 0) is 50.7 Å². The van der Waals surface area contributed by atoms with E-state index in [1.165, 1.54) is 4.90 Å². The Morgan fingerprint density at radius 1 is 0.970 bits per heavy atom. The van der Waals surface area contributed by atoms with Gasteiger partial charge in [-0.1, -0.05) is 31.4 Å². The summed E-state index contributed by atoms with van der Waals surface area (Å²) in [6, 6.07) is 4.87. The van der Waals surface area contributed by atoms with E-state index >= 15 is 0 Å². The molecule has 5 N–H and O–H groups in total. The maximum atomic E-state index is 12.5. The molecule has 0 bridgehead atoms. The van der Waals surface area contributed by atoms with E-state index in [1.807, 2.05) is 0 Å². The Hall–Kier alpha value is -3.29. The molecule has 0 atom stereocenters. The molecule has 0 radical (unpaired) electrons. The van der Waals surface area contributed by atoms with E-state index in [-0.39, 0.29) is 46.4 Å². The van der Waals surface area contributed by atoms with Crippen LogP contribution in [0.3, 0.4) is 0 Å². The van der Waals surface area contributed by atoms with Crippen LogP contribution in [-0.4, -0.2) is 44.8 Å². The molecule has 0 saturated heterocycles. The molecule has 8 heteroatoms. The third-order valence-corrected chi connectivity index (χ3v) is 6.60. The first-order chi connectivity index (χ1) is 15.9. The van der Waals surface area contributed by atoms with Crippen LogP contribution in [0.25, 0.3) is 0 Å². The Kier molecular flexibility index (Phi) is 6.72. The van der Waals surface area contributed by atoms with E-state index in [2.05, 4.69) is 16.7 Å². The number of phenols is 1. The first kappa shape index (κ1) is 22.9. The summed E-state index contributed by atoms with van der Waals surface area (Å²) in [6.07, 6.45) is 11.2. The zero-order valence-corrected chi connectivity index (χ0v) is 19.4. The summed E-state index contributed by atoms with van der Waals surface area (Å²) in [7, 11) is 3.24. The van der Waals surface area contributed by atoms with Crippen LogP contribution >= 0.6 is 0 Å². The number of hydrogen-bond acceptors (Lipinski definition) is 6. The van der Waals surface area contributed by atoms with Crippen molar-refractivity contribution in [1.82, 2.24) is 9.47 Å². The molecule has 4 rings (SSSR count). The van der Waals surface area contributed by atoms with Gasteiger partial charge >= 0.3 is 0 Å². The topological polar surface area (TPSA) is 110 Å². The second-order valence-corrected chi connectivity index (χ2v) is 9.19. The summed E-state index contributed by atoms with van der Waals surface area (Å²) in [5.41, 5.74) is 2.11. The minimum Gasteiger partial charge on any atom is -0.505 e.